The largest absolute Gasteiger partial charge is 0.497 e. The second-order valence-electron chi connectivity index (χ2n) is 6.95. The van der Waals surface area contributed by atoms with Gasteiger partial charge in [0.2, 0.25) is 0 Å². The van der Waals surface area contributed by atoms with E-state index in [1.807, 2.05) is 30.3 Å². The van der Waals surface area contributed by atoms with Crippen molar-refractivity contribution >= 4 is 17.3 Å². The topological polar surface area (TPSA) is 71.1 Å². The zero-order chi connectivity index (χ0) is 21.7. The van der Waals surface area contributed by atoms with Crippen molar-refractivity contribution in [1.29, 1.82) is 0 Å². The van der Waals surface area contributed by atoms with E-state index < -0.39 is 17.8 Å². The molecule has 1 aliphatic carbocycles. The van der Waals surface area contributed by atoms with Gasteiger partial charge in [-0.25, -0.2) is 0 Å². The van der Waals surface area contributed by atoms with Crippen LogP contribution in [0.15, 0.2) is 48.5 Å². The van der Waals surface area contributed by atoms with Gasteiger partial charge in [0.25, 0.3) is 0 Å². The van der Waals surface area contributed by atoms with Gasteiger partial charge in [0.1, 0.15) is 23.2 Å². The van der Waals surface area contributed by atoms with Crippen molar-refractivity contribution in [2.75, 3.05) is 27.9 Å². The predicted molar refractivity (Wildman–Crippen MR) is 113 cm³/mol. The van der Waals surface area contributed by atoms with Crippen molar-refractivity contribution < 1.29 is 28.5 Å². The van der Waals surface area contributed by atoms with Crippen LogP contribution in [0.25, 0.3) is 5.57 Å². The highest BCUT2D eigenvalue weighted by Crippen LogP contribution is 2.44. The Bertz CT molecular complexity index is 962. The first kappa shape index (κ1) is 21.4. The van der Waals surface area contributed by atoms with Crippen molar-refractivity contribution in [2.45, 2.75) is 19.3 Å². The zero-order valence-corrected chi connectivity index (χ0v) is 17.6. The fraction of sp³-hybridized carbons (Fsp3) is 0.333. The first-order valence-corrected chi connectivity index (χ1v) is 9.79. The standard InChI is InChI=1S/C24H26O6/c1-5-30-24(26)23-20(19-14-18(28-3)9-10-22(19)29-4)12-16(13-21(23)25)15-7-6-8-17(11-15)27-2/h6-11,13-14,20,23H,5,12H2,1-4H3/t20-,23-/m1/s1. The Hall–Kier alpha value is -3.28. The smallest absolute Gasteiger partial charge is 0.317 e. The maximum atomic E-state index is 13.1. The monoisotopic (exact) mass is 410 g/mol. The molecule has 0 spiro atoms. The van der Waals surface area contributed by atoms with E-state index in [2.05, 4.69) is 0 Å². The van der Waals surface area contributed by atoms with E-state index in [4.69, 9.17) is 18.9 Å². The van der Waals surface area contributed by atoms with Crippen LogP contribution in [-0.2, 0) is 14.3 Å². The molecule has 0 amide bonds. The van der Waals surface area contributed by atoms with Crippen LogP contribution in [0.5, 0.6) is 17.2 Å². The number of allylic oxidation sites excluding steroid dienone is 2. The average Bonchev–Trinajstić information content (AvgIpc) is 2.78. The van der Waals surface area contributed by atoms with Gasteiger partial charge in [0.15, 0.2) is 5.78 Å². The number of benzene rings is 2. The lowest BCUT2D eigenvalue weighted by molar-refractivity contribution is -0.151. The van der Waals surface area contributed by atoms with Crippen LogP contribution in [0.1, 0.15) is 30.4 Å². The minimum atomic E-state index is -0.944. The van der Waals surface area contributed by atoms with E-state index in [1.54, 1.807) is 46.5 Å². The number of methoxy groups -OCH3 is 3. The molecule has 2 aromatic carbocycles. The van der Waals surface area contributed by atoms with E-state index in [-0.39, 0.29) is 12.4 Å². The maximum Gasteiger partial charge on any atom is 0.317 e. The Balaban J connectivity index is 2.11. The van der Waals surface area contributed by atoms with Gasteiger partial charge in [0, 0.05) is 11.5 Å². The zero-order valence-electron chi connectivity index (χ0n) is 17.6. The van der Waals surface area contributed by atoms with E-state index in [0.717, 1.165) is 16.7 Å². The summed E-state index contributed by atoms with van der Waals surface area (Å²) in [6.07, 6.45) is 2.01. The Kier molecular flexibility index (Phi) is 6.77. The van der Waals surface area contributed by atoms with Crippen LogP contribution < -0.4 is 14.2 Å². The van der Waals surface area contributed by atoms with Gasteiger partial charge in [-0.3, -0.25) is 9.59 Å². The van der Waals surface area contributed by atoms with Crippen LogP contribution in [0.4, 0.5) is 0 Å². The molecule has 30 heavy (non-hydrogen) atoms. The third kappa shape index (κ3) is 4.32. The molecule has 0 aromatic heterocycles. The minimum absolute atomic E-state index is 0.205. The van der Waals surface area contributed by atoms with E-state index in [9.17, 15) is 9.59 Å². The third-order valence-corrected chi connectivity index (χ3v) is 5.28. The molecule has 6 nitrogen and oxygen atoms in total. The van der Waals surface area contributed by atoms with Crippen molar-refractivity contribution in [2.24, 2.45) is 5.92 Å². The van der Waals surface area contributed by atoms with Gasteiger partial charge in [0.05, 0.1) is 27.9 Å². The van der Waals surface area contributed by atoms with Crippen molar-refractivity contribution in [3.63, 3.8) is 0 Å². The van der Waals surface area contributed by atoms with Crippen molar-refractivity contribution in [1.82, 2.24) is 0 Å². The lowest BCUT2D eigenvalue weighted by atomic mass is 9.73. The Morgan fingerprint density at radius 1 is 1.00 bits per heavy atom. The number of hydrogen-bond acceptors (Lipinski definition) is 6. The van der Waals surface area contributed by atoms with Gasteiger partial charge in [-0.15, -0.1) is 0 Å². The summed E-state index contributed by atoms with van der Waals surface area (Å²) in [5.74, 6) is -0.296. The molecule has 0 saturated carbocycles. The van der Waals surface area contributed by atoms with Crippen LogP contribution >= 0.6 is 0 Å². The first-order chi connectivity index (χ1) is 14.5. The molecule has 2 atom stereocenters. The van der Waals surface area contributed by atoms with E-state index in [1.165, 1.54) is 0 Å². The lowest BCUT2D eigenvalue weighted by Crippen LogP contribution is -2.34. The fourth-order valence-electron chi connectivity index (χ4n) is 3.83. The summed E-state index contributed by atoms with van der Waals surface area (Å²) in [7, 11) is 4.73. The SMILES string of the molecule is CCOC(=O)[C@H]1C(=O)C=C(c2cccc(OC)c2)C[C@@H]1c1cc(OC)ccc1OC. The molecule has 0 heterocycles. The summed E-state index contributed by atoms with van der Waals surface area (Å²) in [5, 5.41) is 0. The second kappa shape index (κ2) is 9.48. The number of ether oxygens (including phenoxy) is 4. The van der Waals surface area contributed by atoms with E-state index >= 15 is 0 Å². The summed E-state index contributed by atoms with van der Waals surface area (Å²) < 4.78 is 21.5. The number of ketones is 1. The van der Waals surface area contributed by atoms with Gasteiger partial charge in [-0.05, 0) is 60.9 Å². The highest BCUT2D eigenvalue weighted by atomic mass is 16.5. The Morgan fingerprint density at radius 3 is 2.40 bits per heavy atom. The van der Waals surface area contributed by atoms with Crippen LogP contribution in [-0.4, -0.2) is 39.7 Å². The number of carbonyl (C=O) groups excluding carboxylic acids is 2. The highest BCUT2D eigenvalue weighted by Gasteiger charge is 2.41. The Labute approximate surface area is 176 Å². The molecule has 0 radical (unpaired) electrons. The minimum Gasteiger partial charge on any atom is -0.497 e. The van der Waals surface area contributed by atoms with Crippen LogP contribution in [0, 0.1) is 5.92 Å². The lowest BCUT2D eigenvalue weighted by Gasteiger charge is -2.30. The fourth-order valence-corrected chi connectivity index (χ4v) is 3.83. The van der Waals surface area contributed by atoms with Crippen molar-refractivity contribution in [3.8, 4) is 17.2 Å². The molecular formula is C24H26O6. The molecule has 0 saturated heterocycles. The molecule has 1 aliphatic rings. The van der Waals surface area contributed by atoms with E-state index in [0.29, 0.717) is 23.7 Å². The summed E-state index contributed by atoms with van der Waals surface area (Å²) >= 11 is 0. The summed E-state index contributed by atoms with van der Waals surface area (Å²) in [5.41, 5.74) is 2.43. The first-order valence-electron chi connectivity index (χ1n) is 9.79. The molecule has 158 valence electrons. The van der Waals surface area contributed by atoms with Crippen molar-refractivity contribution in [3.05, 3.63) is 59.7 Å². The molecular weight excluding hydrogens is 384 g/mol. The van der Waals surface area contributed by atoms with Gasteiger partial charge < -0.3 is 18.9 Å². The number of hydrogen-bond donors (Lipinski definition) is 0. The summed E-state index contributed by atoms with van der Waals surface area (Å²) in [4.78, 5) is 25.8. The second-order valence-corrected chi connectivity index (χ2v) is 6.95. The van der Waals surface area contributed by atoms with Gasteiger partial charge in [-0.1, -0.05) is 12.1 Å². The predicted octanol–water partition coefficient (Wildman–Crippen LogP) is 4.03. The van der Waals surface area contributed by atoms with Gasteiger partial charge >= 0.3 is 5.97 Å². The normalized spacial score (nSPS) is 18.4. The average molecular weight is 410 g/mol. The van der Waals surface area contributed by atoms with Crippen LogP contribution in [0.3, 0.4) is 0 Å². The Morgan fingerprint density at radius 2 is 1.73 bits per heavy atom. The van der Waals surface area contributed by atoms with Crippen LogP contribution in [0.2, 0.25) is 0 Å². The molecule has 2 aromatic rings. The molecule has 0 unspecified atom stereocenters. The molecule has 6 heteroatoms. The quantitative estimate of drug-likeness (QED) is 0.507. The molecule has 0 N–H and O–H groups in total. The number of carbonyl (C=O) groups is 2. The molecule has 0 bridgehead atoms. The summed E-state index contributed by atoms with van der Waals surface area (Å²) in [6, 6.07) is 12.9. The highest BCUT2D eigenvalue weighted by molar-refractivity contribution is 6.10. The summed E-state index contributed by atoms with van der Waals surface area (Å²) in [6.45, 7) is 1.93. The number of rotatable bonds is 7. The maximum absolute atomic E-state index is 13.1. The molecule has 0 aliphatic heterocycles. The third-order valence-electron chi connectivity index (χ3n) is 5.28. The molecule has 0 fully saturated rings. The molecule has 3 rings (SSSR count). The number of esters is 1. The van der Waals surface area contributed by atoms with Gasteiger partial charge in [-0.2, -0.15) is 0 Å².